The van der Waals surface area contributed by atoms with E-state index in [4.69, 9.17) is 4.42 Å². The summed E-state index contributed by atoms with van der Waals surface area (Å²) < 4.78 is 5.40. The molecule has 0 aliphatic rings. The molecule has 4 nitrogen and oxygen atoms in total. The second-order valence-corrected chi connectivity index (χ2v) is 6.69. The van der Waals surface area contributed by atoms with E-state index in [0.29, 0.717) is 12.2 Å². The predicted molar refractivity (Wildman–Crippen MR) is 96.4 cm³/mol. The summed E-state index contributed by atoms with van der Waals surface area (Å²) in [5, 5.41) is 4.01. The molecule has 0 aliphatic heterocycles. The zero-order valence-corrected chi connectivity index (χ0v) is 13.7. The average molecular weight is 336 g/mol. The number of aromatic nitrogens is 1. The molecule has 1 amide bonds. The van der Waals surface area contributed by atoms with E-state index in [-0.39, 0.29) is 5.91 Å². The van der Waals surface area contributed by atoms with E-state index in [1.165, 1.54) is 4.88 Å². The van der Waals surface area contributed by atoms with E-state index in [1.54, 1.807) is 17.6 Å². The van der Waals surface area contributed by atoms with Crippen molar-refractivity contribution in [3.05, 3.63) is 71.4 Å². The van der Waals surface area contributed by atoms with Crippen molar-refractivity contribution in [2.24, 2.45) is 0 Å². The molecule has 5 heteroatoms. The van der Waals surface area contributed by atoms with Gasteiger partial charge in [-0.25, -0.2) is 0 Å². The second-order valence-electron chi connectivity index (χ2n) is 5.52. The molecular formula is C19H16N2O2S. The van der Waals surface area contributed by atoms with Gasteiger partial charge in [0.15, 0.2) is 0 Å². The highest BCUT2D eigenvalue weighted by molar-refractivity contribution is 7.15. The third-order valence-corrected chi connectivity index (χ3v) is 5.02. The number of benzene rings is 1. The first-order valence-corrected chi connectivity index (χ1v) is 8.60. The number of thiophene rings is 1. The van der Waals surface area contributed by atoms with Gasteiger partial charge in [-0.2, -0.15) is 0 Å². The number of rotatable bonds is 5. The van der Waals surface area contributed by atoms with Crippen molar-refractivity contribution in [2.45, 2.75) is 6.42 Å². The molecule has 4 rings (SSSR count). The van der Waals surface area contributed by atoms with E-state index < -0.39 is 0 Å². The number of fused-ring (bicyclic) bond motifs is 1. The molecule has 120 valence electrons. The Morgan fingerprint density at radius 2 is 2.04 bits per heavy atom. The highest BCUT2D eigenvalue weighted by Crippen LogP contribution is 2.28. The summed E-state index contributed by atoms with van der Waals surface area (Å²) >= 11 is 1.69. The summed E-state index contributed by atoms with van der Waals surface area (Å²) in [6, 6.07) is 17.7. The molecular weight excluding hydrogens is 320 g/mol. The van der Waals surface area contributed by atoms with E-state index in [0.717, 1.165) is 28.0 Å². The molecule has 4 aromatic rings. The lowest BCUT2D eigenvalue weighted by atomic mass is 10.2. The monoisotopic (exact) mass is 336 g/mol. The van der Waals surface area contributed by atoms with E-state index >= 15 is 0 Å². The Bertz CT molecular complexity index is 933. The van der Waals surface area contributed by atoms with Crippen molar-refractivity contribution in [1.29, 1.82) is 0 Å². The molecule has 0 unspecified atom stereocenters. The molecule has 24 heavy (non-hydrogen) atoms. The lowest BCUT2D eigenvalue weighted by Gasteiger charge is -2.02. The summed E-state index contributed by atoms with van der Waals surface area (Å²) in [6.07, 6.45) is 2.48. The van der Waals surface area contributed by atoms with Gasteiger partial charge in [0.05, 0.1) is 11.1 Å². The Hall–Kier alpha value is -2.79. The minimum absolute atomic E-state index is 0.0750. The Kier molecular flexibility index (Phi) is 3.92. The van der Waals surface area contributed by atoms with Gasteiger partial charge in [0.1, 0.15) is 11.5 Å². The van der Waals surface area contributed by atoms with Crippen LogP contribution in [0.25, 0.3) is 21.5 Å². The predicted octanol–water partition coefficient (Wildman–Crippen LogP) is 4.46. The average Bonchev–Trinajstić information content (AvgIpc) is 3.33. The largest absolute Gasteiger partial charge is 0.464 e. The Labute approximate surface area is 143 Å². The number of hydrogen-bond acceptors (Lipinski definition) is 3. The van der Waals surface area contributed by atoms with Crippen LogP contribution in [0.15, 0.2) is 65.3 Å². The fourth-order valence-corrected chi connectivity index (χ4v) is 3.63. The summed E-state index contributed by atoms with van der Waals surface area (Å²) in [5.41, 5.74) is 1.57. The summed E-state index contributed by atoms with van der Waals surface area (Å²) in [4.78, 5) is 17.7. The third kappa shape index (κ3) is 2.98. The van der Waals surface area contributed by atoms with Gasteiger partial charge in [-0.3, -0.25) is 4.79 Å². The van der Waals surface area contributed by atoms with Gasteiger partial charge in [-0.15, -0.1) is 11.3 Å². The van der Waals surface area contributed by atoms with Crippen LogP contribution in [0.4, 0.5) is 0 Å². The van der Waals surface area contributed by atoms with Crippen LogP contribution in [0.2, 0.25) is 0 Å². The molecule has 0 saturated heterocycles. The van der Waals surface area contributed by atoms with Crippen molar-refractivity contribution >= 4 is 28.1 Å². The van der Waals surface area contributed by atoms with Gasteiger partial charge in [0.2, 0.25) is 0 Å². The van der Waals surface area contributed by atoms with Crippen molar-refractivity contribution in [1.82, 2.24) is 10.3 Å². The fraction of sp³-hybridized carbons (Fsp3) is 0.105. The number of H-pyrrole nitrogens is 1. The highest BCUT2D eigenvalue weighted by atomic mass is 32.1. The number of carbonyl (C=O) groups is 1. The van der Waals surface area contributed by atoms with Crippen LogP contribution in [0.5, 0.6) is 0 Å². The standard InChI is InChI=1S/C19H16N2O2S/c22-19(16-12-13-4-1-2-5-15(13)21-16)20-10-9-14-7-8-18(24-14)17-6-3-11-23-17/h1-8,11-12,21H,9-10H2,(H,20,22). The molecule has 0 radical (unpaired) electrons. The number of nitrogens with one attached hydrogen (secondary N) is 2. The molecule has 0 aliphatic carbocycles. The van der Waals surface area contributed by atoms with Crippen LogP contribution in [0.3, 0.4) is 0 Å². The normalized spacial score (nSPS) is 11.0. The Morgan fingerprint density at radius 3 is 2.88 bits per heavy atom. The molecule has 1 aromatic carbocycles. The lowest BCUT2D eigenvalue weighted by molar-refractivity contribution is 0.0950. The zero-order chi connectivity index (χ0) is 16.4. The van der Waals surface area contributed by atoms with Crippen molar-refractivity contribution in [2.75, 3.05) is 6.54 Å². The topological polar surface area (TPSA) is 58.0 Å². The van der Waals surface area contributed by atoms with Gasteiger partial charge in [-0.05, 0) is 42.8 Å². The minimum Gasteiger partial charge on any atom is -0.464 e. The van der Waals surface area contributed by atoms with Crippen LogP contribution >= 0.6 is 11.3 Å². The summed E-state index contributed by atoms with van der Waals surface area (Å²) in [5.74, 6) is 0.808. The van der Waals surface area contributed by atoms with Crippen LogP contribution in [0.1, 0.15) is 15.4 Å². The van der Waals surface area contributed by atoms with Crippen LogP contribution in [0, 0.1) is 0 Å². The first-order valence-electron chi connectivity index (χ1n) is 7.78. The number of furan rings is 1. The van der Waals surface area contributed by atoms with Crippen LogP contribution < -0.4 is 5.32 Å². The van der Waals surface area contributed by atoms with Crippen molar-refractivity contribution in [3.63, 3.8) is 0 Å². The number of aromatic amines is 1. The molecule has 0 atom stereocenters. The maximum absolute atomic E-state index is 12.2. The fourth-order valence-electron chi connectivity index (χ4n) is 2.65. The molecule has 0 saturated carbocycles. The molecule has 3 heterocycles. The van der Waals surface area contributed by atoms with Gasteiger partial charge in [-0.1, -0.05) is 18.2 Å². The quantitative estimate of drug-likeness (QED) is 0.565. The first-order chi connectivity index (χ1) is 11.8. The zero-order valence-electron chi connectivity index (χ0n) is 12.9. The molecule has 3 aromatic heterocycles. The summed E-state index contributed by atoms with van der Waals surface area (Å²) in [7, 11) is 0. The number of para-hydroxylation sites is 1. The Balaban J connectivity index is 1.36. The number of hydrogen-bond donors (Lipinski definition) is 2. The molecule has 2 N–H and O–H groups in total. The van der Waals surface area contributed by atoms with Gasteiger partial charge < -0.3 is 14.7 Å². The maximum atomic E-state index is 12.2. The van der Waals surface area contributed by atoms with E-state index in [9.17, 15) is 4.79 Å². The first kappa shape index (κ1) is 14.8. The van der Waals surface area contributed by atoms with E-state index in [2.05, 4.69) is 22.4 Å². The van der Waals surface area contributed by atoms with Gasteiger partial charge in [0, 0.05) is 22.3 Å². The lowest BCUT2D eigenvalue weighted by Crippen LogP contribution is -2.25. The minimum atomic E-state index is -0.0750. The molecule has 0 bridgehead atoms. The highest BCUT2D eigenvalue weighted by Gasteiger charge is 2.09. The van der Waals surface area contributed by atoms with Gasteiger partial charge >= 0.3 is 0 Å². The second kappa shape index (κ2) is 6.37. The number of carbonyl (C=O) groups excluding carboxylic acids is 1. The SMILES string of the molecule is O=C(NCCc1ccc(-c2ccco2)s1)c1cc2ccccc2[nH]1. The Morgan fingerprint density at radius 1 is 1.12 bits per heavy atom. The summed E-state index contributed by atoms with van der Waals surface area (Å²) in [6.45, 7) is 0.603. The van der Waals surface area contributed by atoms with Crippen LogP contribution in [-0.4, -0.2) is 17.4 Å². The molecule has 0 fully saturated rings. The smallest absolute Gasteiger partial charge is 0.267 e. The van der Waals surface area contributed by atoms with E-state index in [1.807, 2.05) is 42.5 Å². The molecule has 0 spiro atoms. The number of amides is 1. The van der Waals surface area contributed by atoms with Crippen molar-refractivity contribution < 1.29 is 9.21 Å². The third-order valence-electron chi connectivity index (χ3n) is 3.86. The van der Waals surface area contributed by atoms with Gasteiger partial charge in [0.25, 0.3) is 5.91 Å². The maximum Gasteiger partial charge on any atom is 0.267 e. The van der Waals surface area contributed by atoms with Crippen molar-refractivity contribution in [3.8, 4) is 10.6 Å². The van der Waals surface area contributed by atoms with Crippen LogP contribution in [-0.2, 0) is 6.42 Å².